The van der Waals surface area contributed by atoms with Gasteiger partial charge in [0.15, 0.2) is 0 Å². The van der Waals surface area contributed by atoms with Gasteiger partial charge in [0.1, 0.15) is 5.60 Å². The zero-order valence-electron chi connectivity index (χ0n) is 17.0. The minimum absolute atomic E-state index is 0.135. The molecule has 2 aromatic heterocycles. The van der Waals surface area contributed by atoms with Gasteiger partial charge in [0, 0.05) is 0 Å². The summed E-state index contributed by atoms with van der Waals surface area (Å²) >= 11 is -0.463. The molecule has 146 valence electrons. The van der Waals surface area contributed by atoms with Crippen molar-refractivity contribution in [2.75, 3.05) is 0 Å². The maximum absolute atomic E-state index is 11.9. The number of rotatable bonds is 3. The van der Waals surface area contributed by atoms with Gasteiger partial charge in [-0.05, 0) is 20.8 Å². The van der Waals surface area contributed by atoms with Crippen LogP contribution >= 0.6 is 11.3 Å². The van der Waals surface area contributed by atoms with E-state index in [1.165, 1.54) is 14.2 Å². The van der Waals surface area contributed by atoms with Crippen LogP contribution < -0.4 is 9.03 Å². The Kier molecular flexibility index (Phi) is 5.87. The van der Waals surface area contributed by atoms with E-state index in [4.69, 9.17) is 9.72 Å². The van der Waals surface area contributed by atoms with Crippen molar-refractivity contribution in [2.24, 2.45) is 0 Å². The molecular weight excluding hydrogens is 465 g/mol. The average Bonchev–Trinajstić information content (AvgIpc) is 2.96. The Balaban J connectivity index is 1.69. The molecule has 1 atom stereocenters. The normalized spacial score (nSPS) is 18.3. The van der Waals surface area contributed by atoms with E-state index < -0.39 is 24.0 Å². The van der Waals surface area contributed by atoms with Gasteiger partial charge in [0.2, 0.25) is 0 Å². The van der Waals surface area contributed by atoms with Gasteiger partial charge in [-0.2, -0.15) is 0 Å². The Morgan fingerprint density at radius 3 is 2.67 bits per heavy atom. The van der Waals surface area contributed by atoms with Gasteiger partial charge in [-0.15, -0.1) is 0 Å². The van der Waals surface area contributed by atoms with Crippen LogP contribution in [-0.4, -0.2) is 46.1 Å². The van der Waals surface area contributed by atoms with Crippen molar-refractivity contribution < 1.29 is 9.53 Å². The number of carbonyl (C=O) groups excluding carboxylic acids is 1. The van der Waals surface area contributed by atoms with Crippen molar-refractivity contribution >= 4 is 55.4 Å². The monoisotopic (exact) mass is 495 g/mol. The number of ether oxygens (including phenoxy) is 1. The van der Waals surface area contributed by atoms with E-state index in [0.29, 0.717) is 0 Å². The molecule has 0 fully saturated rings. The topological polar surface area (TPSA) is 64.1 Å². The Bertz CT molecular complexity index is 877. The first kappa shape index (κ1) is 20.6. The molecule has 1 aliphatic rings. The van der Waals surface area contributed by atoms with Gasteiger partial charge in [-0.25, -0.2) is 0 Å². The zero-order valence-corrected chi connectivity index (χ0v) is 20.7. The molecule has 0 bridgehead atoms. The molecule has 1 amide bonds. The van der Waals surface area contributed by atoms with Gasteiger partial charge in [0.05, 0.1) is 0 Å². The third-order valence-corrected chi connectivity index (χ3v) is 10.6. The van der Waals surface area contributed by atoms with Crippen LogP contribution in [0.3, 0.4) is 0 Å². The molecule has 27 heavy (non-hydrogen) atoms. The molecule has 5 nitrogen and oxygen atoms in total. The van der Waals surface area contributed by atoms with Gasteiger partial charge in [-0.1, -0.05) is 0 Å². The molecule has 0 aromatic carbocycles. The fourth-order valence-electron chi connectivity index (χ4n) is 3.00. The summed E-state index contributed by atoms with van der Waals surface area (Å²) in [6, 6.07) is 2.29. The van der Waals surface area contributed by atoms with Gasteiger partial charge in [-0.3, -0.25) is 0 Å². The van der Waals surface area contributed by atoms with E-state index >= 15 is 0 Å². The quantitative estimate of drug-likeness (QED) is 0.629. The number of carbonyl (C=O) groups is 1. The van der Waals surface area contributed by atoms with Crippen molar-refractivity contribution in [1.29, 1.82) is 0 Å². The third kappa shape index (κ3) is 5.44. The van der Waals surface area contributed by atoms with Crippen molar-refractivity contribution in [3.63, 3.8) is 0 Å². The van der Waals surface area contributed by atoms with E-state index in [1.54, 1.807) is 11.3 Å². The molecule has 2 aromatic rings. The second kappa shape index (κ2) is 7.70. The van der Waals surface area contributed by atoms with Crippen LogP contribution in [0.2, 0.25) is 14.8 Å². The van der Waals surface area contributed by atoms with Crippen molar-refractivity contribution in [1.82, 2.24) is 15.3 Å². The molecule has 0 saturated carbocycles. The van der Waals surface area contributed by atoms with Crippen LogP contribution in [0.4, 0.5) is 4.79 Å². The number of hydrogen-bond acceptors (Lipinski definition) is 5. The summed E-state index contributed by atoms with van der Waals surface area (Å²) < 4.78 is 6.58. The maximum atomic E-state index is 11.9. The molecule has 0 radical (unpaired) electrons. The van der Waals surface area contributed by atoms with E-state index in [9.17, 15) is 4.79 Å². The Labute approximate surface area is 169 Å². The number of alkyl carbamates (subject to hydrolysis) is 1. The SMILES string of the molecule is CC(C)(C)OC(=O)N[C@H]1CC=C(c2cc3nc[c]([Sn]([CH3])([CH3])[CH3])nc3s2)CC1. The molecule has 7 heteroatoms. The molecule has 2 heterocycles. The van der Waals surface area contributed by atoms with E-state index in [2.05, 4.69) is 37.3 Å². The number of nitrogens with one attached hydrogen (secondary N) is 1. The fourth-order valence-corrected chi connectivity index (χ4v) is 6.85. The second-order valence-corrected chi connectivity index (χ2v) is 24.5. The molecule has 1 N–H and O–H groups in total. The van der Waals surface area contributed by atoms with Gasteiger partial charge in [0.25, 0.3) is 0 Å². The van der Waals surface area contributed by atoms with E-state index in [0.717, 1.165) is 29.6 Å². The predicted molar refractivity (Wildman–Crippen MR) is 115 cm³/mol. The third-order valence-electron chi connectivity index (χ3n) is 4.46. The Morgan fingerprint density at radius 2 is 2.07 bits per heavy atom. The van der Waals surface area contributed by atoms with Crippen molar-refractivity contribution in [3.05, 3.63) is 23.2 Å². The molecule has 3 rings (SSSR count). The molecule has 0 aliphatic heterocycles. The van der Waals surface area contributed by atoms with Crippen LogP contribution in [-0.2, 0) is 4.74 Å². The molecule has 0 spiro atoms. The Hall–Kier alpha value is -1.15. The first-order valence-corrected chi connectivity index (χ1v) is 20.3. The summed E-state index contributed by atoms with van der Waals surface area (Å²) in [4.78, 5) is 30.9. The van der Waals surface area contributed by atoms with Crippen LogP contribution in [0.5, 0.6) is 0 Å². The van der Waals surface area contributed by atoms with Crippen LogP contribution in [0.25, 0.3) is 15.9 Å². The van der Waals surface area contributed by atoms with Crippen LogP contribution in [0, 0.1) is 0 Å². The summed E-state index contributed by atoms with van der Waals surface area (Å²) in [5.41, 5.74) is 1.86. The number of nitrogens with zero attached hydrogens (tertiary/aromatic N) is 2. The number of fused-ring (bicyclic) bond motifs is 1. The van der Waals surface area contributed by atoms with E-state index in [1.807, 2.05) is 27.0 Å². The standard InChI is InChI=1S/C17H20N3O2S.3CH3.Sn/c1-17(2,3)22-16(21)20-12-6-4-11(5-7-12)14-10-13-15(23-14)19-9-8-18-13;;;;/h4,8,10,12H,5-7H2,1-3H3,(H,20,21);3*1H3;/t12-;;;;/m0..../s1. The summed E-state index contributed by atoms with van der Waals surface area (Å²) in [6.07, 6.45) is 6.57. The van der Waals surface area contributed by atoms with Crippen LogP contribution in [0.15, 0.2) is 18.3 Å². The first-order chi connectivity index (χ1) is 12.5. The van der Waals surface area contributed by atoms with Crippen molar-refractivity contribution in [3.8, 4) is 0 Å². The minimum atomic E-state index is -2.20. The molecule has 0 saturated heterocycles. The van der Waals surface area contributed by atoms with Crippen LogP contribution in [0.1, 0.15) is 44.9 Å². The first-order valence-electron chi connectivity index (χ1n) is 9.47. The number of hydrogen-bond donors (Lipinski definition) is 1. The summed E-state index contributed by atoms with van der Waals surface area (Å²) in [5, 5.41) is 2.98. The predicted octanol–water partition coefficient (Wildman–Crippen LogP) is 4.70. The zero-order chi connectivity index (χ0) is 19.8. The number of amides is 1. The molecule has 1 aliphatic carbocycles. The van der Waals surface area contributed by atoms with Gasteiger partial charge >= 0.3 is 144 Å². The fraction of sp³-hybridized carbons (Fsp3) is 0.550. The summed E-state index contributed by atoms with van der Waals surface area (Å²) in [5.74, 6) is 0. The number of aromatic nitrogens is 2. The average molecular weight is 494 g/mol. The Morgan fingerprint density at radius 1 is 1.33 bits per heavy atom. The summed E-state index contributed by atoms with van der Waals surface area (Å²) in [7, 11) is 0. The summed E-state index contributed by atoms with van der Waals surface area (Å²) in [6.45, 7) is 5.64. The number of allylic oxidation sites excluding steroid dienone is 1. The van der Waals surface area contributed by atoms with Crippen molar-refractivity contribution in [2.45, 2.75) is 66.5 Å². The number of thiophene rings is 1. The van der Waals surface area contributed by atoms with Gasteiger partial charge < -0.3 is 0 Å². The molecule has 0 unspecified atom stereocenters. The van der Waals surface area contributed by atoms with E-state index in [-0.39, 0.29) is 12.1 Å². The second-order valence-electron chi connectivity index (χ2n) is 9.15. The molecular formula is C20H29N3O2SSn.